The highest BCUT2D eigenvalue weighted by Crippen LogP contribution is 2.31. The van der Waals surface area contributed by atoms with Crippen LogP contribution in [0.3, 0.4) is 0 Å². The van der Waals surface area contributed by atoms with Crippen molar-refractivity contribution in [1.82, 2.24) is 19.8 Å². The number of aromatic nitrogens is 4. The van der Waals surface area contributed by atoms with Crippen LogP contribution >= 0.6 is 34.6 Å². The van der Waals surface area contributed by atoms with Gasteiger partial charge in [0.1, 0.15) is 10.7 Å². The summed E-state index contributed by atoms with van der Waals surface area (Å²) >= 11 is 4.57. The average Bonchev–Trinajstić information content (AvgIpc) is 2.95. The summed E-state index contributed by atoms with van der Waals surface area (Å²) in [4.78, 5) is 1.95. The lowest BCUT2D eigenvalue weighted by molar-refractivity contribution is 0.971. The summed E-state index contributed by atoms with van der Waals surface area (Å²) in [6.07, 6.45) is 0. The Balaban J connectivity index is 1.97. The van der Waals surface area contributed by atoms with Gasteiger partial charge in [0.2, 0.25) is 5.13 Å². The summed E-state index contributed by atoms with van der Waals surface area (Å²) in [5, 5.41) is 17.3. The maximum absolute atomic E-state index is 4.12. The predicted octanol–water partition coefficient (Wildman–Crippen LogP) is 1.79. The van der Waals surface area contributed by atoms with Crippen LogP contribution in [0.4, 0.5) is 10.1 Å². The summed E-state index contributed by atoms with van der Waals surface area (Å²) in [5.41, 5.74) is 0.962. The van der Waals surface area contributed by atoms with Gasteiger partial charge in [0.25, 0.3) is 0 Å². The van der Waals surface area contributed by atoms with Crippen LogP contribution in [0.25, 0.3) is 0 Å². The highest BCUT2D eigenvalue weighted by Gasteiger charge is 2.10. The Morgan fingerprint density at radius 1 is 1.29 bits per heavy atom. The van der Waals surface area contributed by atoms with Crippen LogP contribution in [0, 0.1) is 0 Å². The second-order valence-electron chi connectivity index (χ2n) is 3.33. The van der Waals surface area contributed by atoms with E-state index >= 15 is 0 Å². The molecule has 0 bridgehead atoms. The number of hydrogen-bond acceptors (Lipinski definition) is 9. The number of thioether (sulfide) groups is 1. The minimum Gasteiger partial charge on any atom is -0.377 e. The van der Waals surface area contributed by atoms with E-state index in [4.69, 9.17) is 0 Å². The van der Waals surface area contributed by atoms with Crippen LogP contribution in [-0.4, -0.2) is 40.9 Å². The molecule has 0 aromatic carbocycles. The summed E-state index contributed by atoms with van der Waals surface area (Å²) in [5.74, 6) is 0.759. The van der Waals surface area contributed by atoms with E-state index in [1.165, 1.54) is 11.5 Å². The molecule has 0 saturated carbocycles. The van der Waals surface area contributed by atoms with Crippen molar-refractivity contribution >= 4 is 44.8 Å². The van der Waals surface area contributed by atoms with E-state index in [0.29, 0.717) is 0 Å². The quantitative estimate of drug-likeness (QED) is 0.841. The van der Waals surface area contributed by atoms with E-state index in [1.54, 1.807) is 23.1 Å². The summed E-state index contributed by atoms with van der Waals surface area (Å²) in [6.45, 7) is 0. The first-order chi connectivity index (χ1) is 8.20. The van der Waals surface area contributed by atoms with Crippen LogP contribution in [-0.2, 0) is 5.75 Å². The molecule has 0 spiro atoms. The van der Waals surface area contributed by atoms with Crippen LogP contribution in [0.15, 0.2) is 4.34 Å². The third kappa shape index (κ3) is 3.05. The largest absolute Gasteiger partial charge is 0.377 e. The van der Waals surface area contributed by atoms with E-state index in [1.807, 2.05) is 26.0 Å². The fourth-order valence-corrected chi connectivity index (χ4v) is 3.39. The molecule has 9 heteroatoms. The van der Waals surface area contributed by atoms with Crippen LogP contribution < -0.4 is 10.2 Å². The third-order valence-electron chi connectivity index (χ3n) is 1.89. The molecule has 0 amide bonds. The Bertz CT molecular complexity index is 479. The van der Waals surface area contributed by atoms with Gasteiger partial charge in [0.15, 0.2) is 4.34 Å². The first kappa shape index (κ1) is 12.5. The number of rotatable bonds is 5. The number of hydrogen-bond donors (Lipinski definition) is 1. The Morgan fingerprint density at radius 2 is 2.12 bits per heavy atom. The number of anilines is 2. The van der Waals surface area contributed by atoms with Crippen LogP contribution in [0.5, 0.6) is 0 Å². The molecule has 17 heavy (non-hydrogen) atoms. The fourth-order valence-electron chi connectivity index (χ4n) is 1.06. The second-order valence-corrected chi connectivity index (χ2v) is 6.26. The topological polar surface area (TPSA) is 66.8 Å². The zero-order valence-corrected chi connectivity index (χ0v) is 12.1. The molecule has 0 aliphatic rings. The van der Waals surface area contributed by atoms with Gasteiger partial charge in [-0.05, 0) is 0 Å². The normalized spacial score (nSPS) is 10.5. The average molecular weight is 288 g/mol. The Hall–Kier alpha value is -0.930. The van der Waals surface area contributed by atoms with Crippen molar-refractivity contribution in [2.75, 3.05) is 31.4 Å². The van der Waals surface area contributed by atoms with Gasteiger partial charge in [0.05, 0.1) is 0 Å². The standard InChI is InChI=1S/C8H12N6S3/c1-9-6-5(10-13-17-6)4-15-8-12-11-7(16-8)14(2)3/h9H,4H2,1-3H3. The Kier molecular flexibility index (Phi) is 4.13. The minimum absolute atomic E-state index is 0.759. The molecular weight excluding hydrogens is 276 g/mol. The highest BCUT2D eigenvalue weighted by molar-refractivity contribution is 8.00. The molecule has 0 aliphatic carbocycles. The lowest BCUT2D eigenvalue weighted by Gasteiger charge is -2.03. The Labute approximate surface area is 112 Å². The molecule has 0 aliphatic heterocycles. The molecule has 2 aromatic rings. The van der Waals surface area contributed by atoms with Crippen molar-refractivity contribution in [2.45, 2.75) is 10.1 Å². The summed E-state index contributed by atoms with van der Waals surface area (Å²) in [6, 6.07) is 0. The zero-order valence-electron chi connectivity index (χ0n) is 9.67. The molecule has 92 valence electrons. The van der Waals surface area contributed by atoms with E-state index < -0.39 is 0 Å². The SMILES string of the molecule is CNc1snnc1CSc1nnc(N(C)C)s1. The first-order valence-corrected chi connectivity index (χ1v) is 7.41. The van der Waals surface area contributed by atoms with Crippen molar-refractivity contribution in [3.8, 4) is 0 Å². The lowest BCUT2D eigenvalue weighted by Crippen LogP contribution is -2.07. The molecular formula is C8H12N6S3. The molecule has 2 rings (SSSR count). The zero-order chi connectivity index (χ0) is 12.3. The fraction of sp³-hybridized carbons (Fsp3) is 0.500. The van der Waals surface area contributed by atoms with Crippen molar-refractivity contribution in [3.63, 3.8) is 0 Å². The maximum atomic E-state index is 4.12. The smallest absolute Gasteiger partial charge is 0.208 e. The second kappa shape index (κ2) is 5.61. The van der Waals surface area contributed by atoms with Gasteiger partial charge in [-0.1, -0.05) is 27.6 Å². The molecule has 0 fully saturated rings. The molecule has 2 aromatic heterocycles. The lowest BCUT2D eigenvalue weighted by atomic mass is 10.5. The predicted molar refractivity (Wildman–Crippen MR) is 73.3 cm³/mol. The molecule has 2 heterocycles. The van der Waals surface area contributed by atoms with Gasteiger partial charge < -0.3 is 10.2 Å². The molecule has 0 unspecified atom stereocenters. The van der Waals surface area contributed by atoms with E-state index in [2.05, 4.69) is 25.1 Å². The first-order valence-electron chi connectivity index (χ1n) is 4.83. The minimum atomic E-state index is 0.759. The number of nitrogens with zero attached hydrogens (tertiary/aromatic N) is 5. The molecule has 1 N–H and O–H groups in total. The van der Waals surface area contributed by atoms with Crippen LogP contribution in [0.2, 0.25) is 0 Å². The summed E-state index contributed by atoms with van der Waals surface area (Å²) < 4.78 is 4.86. The molecule has 0 radical (unpaired) electrons. The van der Waals surface area contributed by atoms with Gasteiger partial charge in [-0.2, -0.15) is 0 Å². The molecule has 0 saturated heterocycles. The van der Waals surface area contributed by atoms with Crippen molar-refractivity contribution < 1.29 is 0 Å². The van der Waals surface area contributed by atoms with Crippen molar-refractivity contribution in [3.05, 3.63) is 5.69 Å². The third-order valence-corrected chi connectivity index (χ3v) is 4.91. The van der Waals surface area contributed by atoms with Gasteiger partial charge in [-0.25, -0.2) is 0 Å². The number of nitrogens with one attached hydrogen (secondary N) is 1. The van der Waals surface area contributed by atoms with Crippen molar-refractivity contribution in [2.24, 2.45) is 0 Å². The Morgan fingerprint density at radius 3 is 2.76 bits per heavy atom. The maximum Gasteiger partial charge on any atom is 0.208 e. The van der Waals surface area contributed by atoms with Crippen LogP contribution in [0.1, 0.15) is 5.69 Å². The molecule has 0 atom stereocenters. The highest BCUT2D eigenvalue weighted by atomic mass is 32.2. The van der Waals surface area contributed by atoms with E-state index in [9.17, 15) is 0 Å². The van der Waals surface area contributed by atoms with E-state index in [0.717, 1.165) is 25.9 Å². The van der Waals surface area contributed by atoms with Gasteiger partial charge >= 0.3 is 0 Å². The van der Waals surface area contributed by atoms with Crippen molar-refractivity contribution in [1.29, 1.82) is 0 Å². The van der Waals surface area contributed by atoms with Gasteiger partial charge in [-0.3, -0.25) is 0 Å². The monoisotopic (exact) mass is 288 g/mol. The van der Waals surface area contributed by atoms with Gasteiger partial charge in [0, 0.05) is 38.4 Å². The summed E-state index contributed by atoms with van der Waals surface area (Å²) in [7, 11) is 5.79. The van der Waals surface area contributed by atoms with Gasteiger partial charge in [-0.15, -0.1) is 15.3 Å². The van der Waals surface area contributed by atoms with E-state index in [-0.39, 0.29) is 0 Å². The molecule has 6 nitrogen and oxygen atoms in total.